The molecule has 0 unspecified atom stereocenters. The Balaban J connectivity index is 1.83. The van der Waals surface area contributed by atoms with Gasteiger partial charge in [-0.2, -0.15) is 11.8 Å². The van der Waals surface area contributed by atoms with E-state index in [0.717, 1.165) is 22.0 Å². The van der Waals surface area contributed by atoms with Crippen LogP contribution in [0.2, 0.25) is 0 Å². The molecule has 0 radical (unpaired) electrons. The molecule has 0 saturated carbocycles. The highest BCUT2D eigenvalue weighted by Crippen LogP contribution is 2.23. The molecule has 8 heteroatoms. The lowest BCUT2D eigenvalue weighted by atomic mass is 10.2. The maximum absolute atomic E-state index is 12.7. The molecule has 3 aromatic rings. The summed E-state index contributed by atoms with van der Waals surface area (Å²) in [6, 6.07) is 9.13. The van der Waals surface area contributed by atoms with Crippen LogP contribution in [0.5, 0.6) is 0 Å². The number of rotatable bonds is 7. The summed E-state index contributed by atoms with van der Waals surface area (Å²) in [5.74, 6) is 0.00161. The van der Waals surface area contributed by atoms with Crippen molar-refractivity contribution >= 4 is 39.9 Å². The lowest BCUT2D eigenvalue weighted by Crippen LogP contribution is -2.42. The molecule has 0 bridgehead atoms. The van der Waals surface area contributed by atoms with Crippen LogP contribution >= 0.6 is 23.1 Å². The molecule has 0 saturated heterocycles. The molecular weight excluding hydrogens is 370 g/mol. The number of fused-ring (bicyclic) bond motifs is 1. The fourth-order valence-electron chi connectivity index (χ4n) is 2.55. The summed E-state index contributed by atoms with van der Waals surface area (Å²) in [6.07, 6.45) is 4.31. The topological polar surface area (TPSA) is 72.7 Å². The number of nitrogens with one attached hydrogen (secondary N) is 1. The van der Waals surface area contributed by atoms with E-state index in [1.165, 1.54) is 18.4 Å². The van der Waals surface area contributed by atoms with Crippen LogP contribution in [0, 0.1) is 0 Å². The second kappa shape index (κ2) is 8.37. The molecule has 0 fully saturated rings. The van der Waals surface area contributed by atoms with Gasteiger partial charge in [0.25, 0.3) is 5.91 Å². The van der Waals surface area contributed by atoms with Crippen LogP contribution in [0.15, 0.2) is 41.9 Å². The summed E-state index contributed by atoms with van der Waals surface area (Å²) >= 11 is 3.00. The molecule has 0 aliphatic heterocycles. The molecule has 1 N–H and O–H groups in total. The summed E-state index contributed by atoms with van der Waals surface area (Å²) in [7, 11) is 1.32. The first-order valence-corrected chi connectivity index (χ1v) is 10.3. The highest BCUT2D eigenvalue weighted by molar-refractivity contribution is 7.98. The number of amides is 1. The van der Waals surface area contributed by atoms with E-state index in [-0.39, 0.29) is 5.91 Å². The monoisotopic (exact) mass is 389 g/mol. The summed E-state index contributed by atoms with van der Waals surface area (Å²) in [4.78, 5) is 29.9. The van der Waals surface area contributed by atoms with Gasteiger partial charge in [0.1, 0.15) is 11.7 Å². The van der Waals surface area contributed by atoms with Gasteiger partial charge in [-0.3, -0.25) is 9.20 Å². The van der Waals surface area contributed by atoms with Crippen LogP contribution in [0.4, 0.5) is 0 Å². The van der Waals surface area contributed by atoms with Gasteiger partial charge in [0, 0.05) is 17.1 Å². The van der Waals surface area contributed by atoms with Crippen molar-refractivity contribution in [2.75, 3.05) is 19.1 Å². The Hall–Kier alpha value is -2.32. The van der Waals surface area contributed by atoms with Crippen LogP contribution < -0.4 is 5.32 Å². The lowest BCUT2D eigenvalue weighted by molar-refractivity contribution is -0.142. The minimum absolute atomic E-state index is 0.315. The van der Waals surface area contributed by atoms with E-state index in [1.807, 2.05) is 42.8 Å². The van der Waals surface area contributed by atoms with Gasteiger partial charge >= 0.3 is 5.97 Å². The van der Waals surface area contributed by atoms with Crippen LogP contribution in [0.25, 0.3) is 16.2 Å². The van der Waals surface area contributed by atoms with E-state index in [0.29, 0.717) is 12.1 Å². The van der Waals surface area contributed by atoms with Crippen LogP contribution in [0.3, 0.4) is 0 Å². The Bertz CT molecular complexity index is 905. The van der Waals surface area contributed by atoms with Crippen LogP contribution in [-0.4, -0.2) is 46.4 Å². The van der Waals surface area contributed by atoms with Gasteiger partial charge in [-0.25, -0.2) is 9.78 Å². The highest BCUT2D eigenvalue weighted by Gasteiger charge is 2.23. The van der Waals surface area contributed by atoms with Gasteiger partial charge in [-0.05, 0) is 18.4 Å². The number of methoxy groups -OCH3 is 1. The summed E-state index contributed by atoms with van der Waals surface area (Å²) in [5, 5.41) is 4.52. The van der Waals surface area contributed by atoms with E-state index in [1.54, 1.807) is 21.5 Å². The molecule has 6 nitrogen and oxygen atoms in total. The first-order valence-electron chi connectivity index (χ1n) is 8.03. The van der Waals surface area contributed by atoms with E-state index in [4.69, 9.17) is 4.74 Å². The summed E-state index contributed by atoms with van der Waals surface area (Å²) in [5.41, 5.74) is 2.25. The number of hydrogen-bond donors (Lipinski definition) is 1. The van der Waals surface area contributed by atoms with E-state index in [9.17, 15) is 9.59 Å². The maximum Gasteiger partial charge on any atom is 0.328 e. The van der Waals surface area contributed by atoms with Gasteiger partial charge in [-0.1, -0.05) is 30.3 Å². The minimum atomic E-state index is -0.660. The van der Waals surface area contributed by atoms with Gasteiger partial charge in [0.05, 0.1) is 12.8 Å². The molecule has 0 spiro atoms. The third kappa shape index (κ3) is 3.91. The SMILES string of the molecule is COC(=O)[C@H](CCSC)NC(=O)c1csc2nc(-c3ccccc3)cn12. The summed E-state index contributed by atoms with van der Waals surface area (Å²) < 4.78 is 6.55. The predicted octanol–water partition coefficient (Wildman–Crippen LogP) is 3.09. The first kappa shape index (κ1) is 18.5. The Morgan fingerprint density at radius 2 is 2.12 bits per heavy atom. The van der Waals surface area contributed by atoms with E-state index < -0.39 is 12.0 Å². The number of imidazole rings is 1. The maximum atomic E-state index is 12.7. The largest absolute Gasteiger partial charge is 0.467 e. The number of ether oxygens (including phenoxy) is 1. The molecular formula is C18H19N3O3S2. The molecule has 1 aromatic carbocycles. The van der Waals surface area contributed by atoms with Crippen LogP contribution in [-0.2, 0) is 9.53 Å². The molecule has 0 aliphatic carbocycles. The number of aromatic nitrogens is 2. The molecule has 2 heterocycles. The number of thioether (sulfide) groups is 1. The third-order valence-electron chi connectivity index (χ3n) is 3.91. The quantitative estimate of drug-likeness (QED) is 0.629. The van der Waals surface area contributed by atoms with Gasteiger partial charge in [-0.15, -0.1) is 11.3 Å². The van der Waals surface area contributed by atoms with Crippen molar-refractivity contribution < 1.29 is 14.3 Å². The smallest absolute Gasteiger partial charge is 0.328 e. The average Bonchev–Trinajstić information content (AvgIpc) is 3.25. The molecule has 2 aromatic heterocycles. The summed E-state index contributed by atoms with van der Waals surface area (Å²) in [6.45, 7) is 0. The standard InChI is InChI=1S/C18H19N3O3S2/c1-24-17(23)13(8-9-25-2)19-16(22)15-11-26-18-20-14(10-21(15)18)12-6-4-3-5-7-12/h3-7,10-11,13H,8-9H2,1-2H3,(H,19,22)/t13-/m0/s1. The van der Waals surface area contributed by atoms with Crippen molar-refractivity contribution in [3.63, 3.8) is 0 Å². The molecule has 1 atom stereocenters. The van der Waals surface area contributed by atoms with E-state index in [2.05, 4.69) is 10.3 Å². The van der Waals surface area contributed by atoms with Crippen molar-refractivity contribution in [2.45, 2.75) is 12.5 Å². The Kier molecular flexibility index (Phi) is 5.95. The van der Waals surface area contributed by atoms with Crippen molar-refractivity contribution in [2.24, 2.45) is 0 Å². The van der Waals surface area contributed by atoms with Crippen molar-refractivity contribution in [1.82, 2.24) is 14.7 Å². The van der Waals surface area contributed by atoms with Crippen molar-refractivity contribution in [3.05, 3.63) is 47.6 Å². The number of hydrogen-bond acceptors (Lipinski definition) is 6. The molecule has 3 rings (SSSR count). The lowest BCUT2D eigenvalue weighted by Gasteiger charge is -2.15. The predicted molar refractivity (Wildman–Crippen MR) is 105 cm³/mol. The highest BCUT2D eigenvalue weighted by atomic mass is 32.2. The normalized spacial score (nSPS) is 12.1. The second-order valence-electron chi connectivity index (χ2n) is 5.60. The van der Waals surface area contributed by atoms with E-state index >= 15 is 0 Å². The van der Waals surface area contributed by atoms with Crippen LogP contribution in [0.1, 0.15) is 16.9 Å². The molecule has 1 amide bonds. The van der Waals surface area contributed by atoms with Gasteiger partial charge in [0.15, 0.2) is 4.96 Å². The Labute approximate surface area is 159 Å². The van der Waals surface area contributed by atoms with Crippen molar-refractivity contribution in [1.29, 1.82) is 0 Å². The van der Waals surface area contributed by atoms with Gasteiger partial charge in [0.2, 0.25) is 0 Å². The van der Waals surface area contributed by atoms with Gasteiger partial charge < -0.3 is 10.1 Å². The Morgan fingerprint density at radius 3 is 2.81 bits per heavy atom. The zero-order chi connectivity index (χ0) is 18.5. The number of nitrogens with zero attached hydrogens (tertiary/aromatic N) is 2. The number of thiazole rings is 1. The molecule has 136 valence electrons. The fourth-order valence-corrected chi connectivity index (χ4v) is 3.88. The Morgan fingerprint density at radius 1 is 1.35 bits per heavy atom. The number of carbonyl (C=O) groups excluding carboxylic acids is 2. The average molecular weight is 390 g/mol. The number of benzene rings is 1. The van der Waals surface area contributed by atoms with Crippen molar-refractivity contribution in [3.8, 4) is 11.3 Å². The first-order chi connectivity index (χ1) is 12.6. The number of carbonyl (C=O) groups is 2. The zero-order valence-electron chi connectivity index (χ0n) is 14.5. The third-order valence-corrected chi connectivity index (χ3v) is 5.40. The second-order valence-corrected chi connectivity index (χ2v) is 7.42. The minimum Gasteiger partial charge on any atom is -0.467 e. The molecule has 0 aliphatic rings. The molecule has 26 heavy (non-hydrogen) atoms. The number of esters is 1. The zero-order valence-corrected chi connectivity index (χ0v) is 16.1. The fraction of sp³-hybridized carbons (Fsp3) is 0.278.